The second kappa shape index (κ2) is 8.46. The van der Waals surface area contributed by atoms with Crippen molar-refractivity contribution in [1.29, 1.82) is 0 Å². The second-order valence-electron chi connectivity index (χ2n) is 6.63. The van der Waals surface area contributed by atoms with E-state index in [0.29, 0.717) is 29.9 Å². The fraction of sp³-hybridized carbons (Fsp3) is 0.350. The molecule has 0 spiro atoms. The number of carbonyl (C=O) groups is 1. The Kier molecular flexibility index (Phi) is 6.24. The minimum atomic E-state index is -3.58. The smallest absolute Gasteiger partial charge is 0.255 e. The van der Waals surface area contributed by atoms with Gasteiger partial charge in [0.05, 0.1) is 4.90 Å². The Labute approximate surface area is 165 Å². The van der Waals surface area contributed by atoms with Crippen LogP contribution in [0.1, 0.15) is 35.2 Å². The molecule has 2 aromatic rings. The molecule has 0 unspecified atom stereocenters. The highest BCUT2D eigenvalue weighted by Crippen LogP contribution is 2.25. The number of anilines is 1. The number of thioether (sulfide) groups is 1. The molecule has 1 amide bonds. The number of hydrogen-bond donors (Lipinski definition) is 1. The lowest BCUT2D eigenvalue weighted by atomic mass is 10.1. The molecular formula is C20H24N2O3S2. The van der Waals surface area contributed by atoms with Crippen LogP contribution in [0.3, 0.4) is 0 Å². The maximum atomic E-state index is 13.0. The van der Waals surface area contributed by atoms with Crippen LogP contribution in [-0.4, -0.2) is 38.0 Å². The van der Waals surface area contributed by atoms with Gasteiger partial charge in [-0.05, 0) is 68.0 Å². The van der Waals surface area contributed by atoms with E-state index in [1.165, 1.54) is 10.4 Å². The number of nitrogens with zero attached hydrogens (tertiary/aromatic N) is 1. The van der Waals surface area contributed by atoms with Gasteiger partial charge in [-0.25, -0.2) is 8.42 Å². The maximum Gasteiger partial charge on any atom is 0.255 e. The van der Waals surface area contributed by atoms with Gasteiger partial charge in [0.25, 0.3) is 5.91 Å². The Morgan fingerprint density at radius 3 is 2.33 bits per heavy atom. The summed E-state index contributed by atoms with van der Waals surface area (Å²) >= 11 is 1.63. The van der Waals surface area contributed by atoms with Crippen molar-refractivity contribution in [2.75, 3.05) is 24.7 Å². The summed E-state index contributed by atoms with van der Waals surface area (Å²) in [5, 5.41) is 2.83. The lowest BCUT2D eigenvalue weighted by molar-refractivity contribution is 0.102. The quantitative estimate of drug-likeness (QED) is 0.761. The van der Waals surface area contributed by atoms with E-state index in [-0.39, 0.29) is 10.8 Å². The molecule has 0 bridgehead atoms. The van der Waals surface area contributed by atoms with Gasteiger partial charge in [-0.15, -0.1) is 11.8 Å². The van der Waals surface area contributed by atoms with Crippen LogP contribution in [0.25, 0.3) is 0 Å². The van der Waals surface area contributed by atoms with Gasteiger partial charge in [0.1, 0.15) is 0 Å². The van der Waals surface area contributed by atoms with Crippen molar-refractivity contribution in [3.8, 4) is 0 Å². The Bertz CT molecular complexity index is 919. The van der Waals surface area contributed by atoms with Gasteiger partial charge in [-0.3, -0.25) is 4.79 Å². The van der Waals surface area contributed by atoms with Crippen LogP contribution < -0.4 is 5.32 Å². The summed E-state index contributed by atoms with van der Waals surface area (Å²) in [4.78, 5) is 13.9. The molecule has 1 fully saturated rings. The number of benzene rings is 2. The van der Waals surface area contributed by atoms with E-state index in [2.05, 4.69) is 5.32 Å². The van der Waals surface area contributed by atoms with Crippen LogP contribution in [0, 0.1) is 6.92 Å². The van der Waals surface area contributed by atoms with Gasteiger partial charge in [0.2, 0.25) is 10.0 Å². The SMILES string of the molecule is CSc1ccc(NC(=O)c2ccc(C)c(S(=O)(=O)N3CCCCC3)c2)cc1. The Balaban J connectivity index is 1.84. The summed E-state index contributed by atoms with van der Waals surface area (Å²) in [7, 11) is -3.58. The highest BCUT2D eigenvalue weighted by Gasteiger charge is 2.28. The zero-order chi connectivity index (χ0) is 19.4. The van der Waals surface area contributed by atoms with E-state index in [4.69, 9.17) is 0 Å². The number of sulfonamides is 1. The third-order valence-electron chi connectivity index (χ3n) is 4.73. The van der Waals surface area contributed by atoms with Crippen molar-refractivity contribution in [2.45, 2.75) is 36.0 Å². The highest BCUT2D eigenvalue weighted by molar-refractivity contribution is 7.98. The lowest BCUT2D eigenvalue weighted by Gasteiger charge is -2.26. The number of hydrogen-bond acceptors (Lipinski definition) is 4. The summed E-state index contributed by atoms with van der Waals surface area (Å²) in [6.45, 7) is 2.85. The molecule has 1 aliphatic rings. The van der Waals surface area contributed by atoms with Crippen molar-refractivity contribution in [1.82, 2.24) is 4.31 Å². The fourth-order valence-electron chi connectivity index (χ4n) is 3.14. The van der Waals surface area contributed by atoms with Crippen molar-refractivity contribution < 1.29 is 13.2 Å². The molecule has 7 heteroatoms. The van der Waals surface area contributed by atoms with E-state index >= 15 is 0 Å². The van der Waals surface area contributed by atoms with Crippen molar-refractivity contribution in [2.24, 2.45) is 0 Å². The van der Waals surface area contributed by atoms with Crippen LogP contribution >= 0.6 is 11.8 Å². The summed E-state index contributed by atoms with van der Waals surface area (Å²) in [6.07, 6.45) is 4.81. The third kappa shape index (κ3) is 4.54. The first kappa shape index (κ1) is 19.9. The number of rotatable bonds is 5. The monoisotopic (exact) mass is 404 g/mol. The molecule has 3 rings (SSSR count). The molecule has 5 nitrogen and oxygen atoms in total. The number of amides is 1. The molecule has 0 aromatic heterocycles. The molecule has 1 saturated heterocycles. The first-order valence-electron chi connectivity index (χ1n) is 8.98. The Morgan fingerprint density at radius 1 is 1.04 bits per heavy atom. The number of nitrogens with one attached hydrogen (secondary N) is 1. The Hall–Kier alpha value is -1.83. The van der Waals surface area contributed by atoms with E-state index in [0.717, 1.165) is 24.2 Å². The maximum absolute atomic E-state index is 13.0. The van der Waals surface area contributed by atoms with E-state index in [1.54, 1.807) is 30.8 Å². The molecule has 0 radical (unpaired) electrons. The molecule has 2 aromatic carbocycles. The minimum Gasteiger partial charge on any atom is -0.322 e. The van der Waals surface area contributed by atoms with Crippen LogP contribution in [0.15, 0.2) is 52.3 Å². The number of carbonyl (C=O) groups excluding carboxylic acids is 1. The predicted octanol–water partition coefficient (Wildman–Crippen LogP) is 4.14. The first-order valence-corrected chi connectivity index (χ1v) is 11.6. The standard InChI is InChI=1S/C20H24N2O3S2/c1-15-6-7-16(20(23)21-17-8-10-18(26-2)11-9-17)14-19(15)27(24,25)22-12-4-3-5-13-22/h6-11,14H,3-5,12-13H2,1-2H3,(H,21,23). The Morgan fingerprint density at radius 2 is 1.70 bits per heavy atom. The number of aryl methyl sites for hydroxylation is 1. The van der Waals surface area contributed by atoms with Gasteiger partial charge >= 0.3 is 0 Å². The zero-order valence-electron chi connectivity index (χ0n) is 15.6. The van der Waals surface area contributed by atoms with Gasteiger partial charge < -0.3 is 5.32 Å². The van der Waals surface area contributed by atoms with Crippen molar-refractivity contribution in [3.63, 3.8) is 0 Å². The summed E-state index contributed by atoms with van der Waals surface area (Å²) in [5.41, 5.74) is 1.67. The largest absolute Gasteiger partial charge is 0.322 e. The molecular weight excluding hydrogens is 380 g/mol. The topological polar surface area (TPSA) is 66.5 Å². The van der Waals surface area contributed by atoms with Gasteiger partial charge in [0, 0.05) is 29.2 Å². The lowest BCUT2D eigenvalue weighted by Crippen LogP contribution is -2.36. The first-order chi connectivity index (χ1) is 12.9. The predicted molar refractivity (Wildman–Crippen MR) is 110 cm³/mol. The fourth-order valence-corrected chi connectivity index (χ4v) is 5.32. The van der Waals surface area contributed by atoms with E-state index in [1.807, 2.05) is 30.5 Å². The van der Waals surface area contributed by atoms with E-state index in [9.17, 15) is 13.2 Å². The van der Waals surface area contributed by atoms with Crippen LogP contribution in [0.2, 0.25) is 0 Å². The highest BCUT2D eigenvalue weighted by atomic mass is 32.2. The van der Waals surface area contributed by atoms with Crippen LogP contribution in [0.5, 0.6) is 0 Å². The molecule has 144 valence electrons. The van der Waals surface area contributed by atoms with Crippen LogP contribution in [0.4, 0.5) is 5.69 Å². The van der Waals surface area contributed by atoms with Gasteiger partial charge in [-0.1, -0.05) is 12.5 Å². The van der Waals surface area contributed by atoms with Crippen molar-refractivity contribution in [3.05, 3.63) is 53.6 Å². The molecule has 1 aliphatic heterocycles. The molecule has 0 atom stereocenters. The molecule has 1 N–H and O–H groups in total. The van der Waals surface area contributed by atoms with Gasteiger partial charge in [0.15, 0.2) is 0 Å². The summed E-state index contributed by atoms with van der Waals surface area (Å²) in [6, 6.07) is 12.4. The minimum absolute atomic E-state index is 0.217. The second-order valence-corrected chi connectivity index (χ2v) is 9.41. The average Bonchev–Trinajstić information content (AvgIpc) is 2.69. The molecule has 27 heavy (non-hydrogen) atoms. The third-order valence-corrected chi connectivity index (χ3v) is 7.52. The molecule has 0 aliphatic carbocycles. The zero-order valence-corrected chi connectivity index (χ0v) is 17.2. The summed E-state index contributed by atoms with van der Waals surface area (Å²) < 4.78 is 27.5. The van der Waals surface area contributed by atoms with E-state index < -0.39 is 10.0 Å². The molecule has 0 saturated carbocycles. The molecule has 1 heterocycles. The number of piperidine rings is 1. The normalized spacial score (nSPS) is 15.5. The van der Waals surface area contributed by atoms with Gasteiger partial charge in [-0.2, -0.15) is 4.31 Å². The summed E-state index contributed by atoms with van der Waals surface area (Å²) in [5.74, 6) is -0.318. The average molecular weight is 405 g/mol. The van der Waals surface area contributed by atoms with Crippen LogP contribution in [-0.2, 0) is 10.0 Å². The van der Waals surface area contributed by atoms with Crippen molar-refractivity contribution >= 4 is 33.4 Å².